The molecule has 0 unspecified atom stereocenters. The first-order valence-corrected chi connectivity index (χ1v) is 4.26. The molecule has 0 aliphatic carbocycles. The molecule has 0 bridgehead atoms. The standard InChI is InChI=1S/C9H10N4O/c1-5-6(2)13-9(12-5)7(14)8-10-3-4-11-8/h3-4H,1-2H3,(H,10,11)(H,12,13). The molecule has 2 aromatic rings. The molecular formula is C9H10N4O. The average molecular weight is 190 g/mol. The molecule has 0 atom stereocenters. The number of imidazole rings is 2. The predicted octanol–water partition coefficient (Wildman–Crippen LogP) is 0.981. The number of hydrogen-bond acceptors (Lipinski definition) is 3. The van der Waals surface area contributed by atoms with Crippen LogP contribution >= 0.6 is 0 Å². The second kappa shape index (κ2) is 3.10. The van der Waals surface area contributed by atoms with Crippen molar-refractivity contribution in [2.75, 3.05) is 0 Å². The smallest absolute Gasteiger partial charge is 0.263 e. The van der Waals surface area contributed by atoms with E-state index in [0.29, 0.717) is 11.6 Å². The van der Waals surface area contributed by atoms with Crippen molar-refractivity contribution in [2.45, 2.75) is 13.8 Å². The lowest BCUT2D eigenvalue weighted by molar-refractivity contribution is 0.102. The Kier molecular flexibility index (Phi) is 1.92. The fraction of sp³-hybridized carbons (Fsp3) is 0.222. The third-order valence-electron chi connectivity index (χ3n) is 2.06. The highest BCUT2D eigenvalue weighted by molar-refractivity contribution is 6.03. The Morgan fingerprint density at radius 3 is 2.64 bits per heavy atom. The molecule has 2 heterocycles. The maximum Gasteiger partial charge on any atom is 0.263 e. The second-order valence-electron chi connectivity index (χ2n) is 3.06. The first-order chi connectivity index (χ1) is 6.68. The van der Waals surface area contributed by atoms with Gasteiger partial charge in [-0.3, -0.25) is 4.79 Å². The maximum absolute atomic E-state index is 11.7. The normalized spacial score (nSPS) is 10.4. The van der Waals surface area contributed by atoms with Gasteiger partial charge in [-0.15, -0.1) is 0 Å². The summed E-state index contributed by atoms with van der Waals surface area (Å²) in [6, 6.07) is 0. The van der Waals surface area contributed by atoms with Gasteiger partial charge in [-0.1, -0.05) is 0 Å². The lowest BCUT2D eigenvalue weighted by atomic mass is 10.3. The monoisotopic (exact) mass is 190 g/mol. The van der Waals surface area contributed by atoms with Crippen LogP contribution in [0.3, 0.4) is 0 Å². The number of nitrogens with zero attached hydrogens (tertiary/aromatic N) is 2. The van der Waals surface area contributed by atoms with E-state index in [-0.39, 0.29) is 5.78 Å². The van der Waals surface area contributed by atoms with Crippen LogP contribution in [0, 0.1) is 13.8 Å². The summed E-state index contributed by atoms with van der Waals surface area (Å²) in [7, 11) is 0. The number of hydrogen-bond donors (Lipinski definition) is 2. The Labute approximate surface area is 80.6 Å². The summed E-state index contributed by atoms with van der Waals surface area (Å²) in [5, 5.41) is 0. The zero-order valence-corrected chi connectivity index (χ0v) is 7.96. The third kappa shape index (κ3) is 1.32. The van der Waals surface area contributed by atoms with Crippen molar-refractivity contribution in [1.29, 1.82) is 0 Å². The quantitative estimate of drug-likeness (QED) is 0.693. The topological polar surface area (TPSA) is 74.4 Å². The molecule has 5 nitrogen and oxygen atoms in total. The Balaban J connectivity index is 2.37. The van der Waals surface area contributed by atoms with Crippen molar-refractivity contribution in [1.82, 2.24) is 19.9 Å². The van der Waals surface area contributed by atoms with Crippen LogP contribution in [0.1, 0.15) is 27.8 Å². The summed E-state index contributed by atoms with van der Waals surface area (Å²) in [5.74, 6) is 0.417. The highest BCUT2D eigenvalue weighted by Gasteiger charge is 2.15. The van der Waals surface area contributed by atoms with Gasteiger partial charge in [0.1, 0.15) is 0 Å². The second-order valence-corrected chi connectivity index (χ2v) is 3.06. The maximum atomic E-state index is 11.7. The van der Waals surface area contributed by atoms with Crippen LogP contribution in [-0.4, -0.2) is 25.7 Å². The van der Waals surface area contributed by atoms with Gasteiger partial charge >= 0.3 is 0 Å². The Morgan fingerprint density at radius 2 is 2.14 bits per heavy atom. The number of ketones is 1. The summed E-state index contributed by atoms with van der Waals surface area (Å²) < 4.78 is 0. The average Bonchev–Trinajstić information content (AvgIpc) is 2.76. The molecule has 0 amide bonds. The van der Waals surface area contributed by atoms with Crippen molar-refractivity contribution in [3.05, 3.63) is 35.4 Å². The zero-order chi connectivity index (χ0) is 10.1. The molecule has 0 aliphatic heterocycles. The number of aromatic nitrogens is 4. The van der Waals surface area contributed by atoms with Crippen LogP contribution in [-0.2, 0) is 0 Å². The first kappa shape index (κ1) is 8.68. The largest absolute Gasteiger partial charge is 0.342 e. The fourth-order valence-corrected chi connectivity index (χ4v) is 1.16. The number of carbonyl (C=O) groups excluding carboxylic acids is 1. The first-order valence-electron chi connectivity index (χ1n) is 4.26. The molecule has 0 spiro atoms. The number of carbonyl (C=O) groups is 1. The lowest BCUT2D eigenvalue weighted by Crippen LogP contribution is -2.05. The highest BCUT2D eigenvalue weighted by Crippen LogP contribution is 2.06. The van der Waals surface area contributed by atoms with Crippen molar-refractivity contribution in [3.63, 3.8) is 0 Å². The number of aromatic amines is 2. The molecule has 0 fully saturated rings. The molecule has 72 valence electrons. The van der Waals surface area contributed by atoms with Gasteiger partial charge in [-0.25, -0.2) is 9.97 Å². The van der Waals surface area contributed by atoms with Crippen LogP contribution in [0.2, 0.25) is 0 Å². The lowest BCUT2D eigenvalue weighted by Gasteiger charge is -1.90. The fourth-order valence-electron chi connectivity index (χ4n) is 1.16. The van der Waals surface area contributed by atoms with E-state index in [1.54, 1.807) is 6.20 Å². The van der Waals surface area contributed by atoms with Gasteiger partial charge in [0, 0.05) is 18.1 Å². The van der Waals surface area contributed by atoms with Crippen molar-refractivity contribution >= 4 is 5.78 Å². The van der Waals surface area contributed by atoms with Crippen LogP contribution in [0.4, 0.5) is 0 Å². The van der Waals surface area contributed by atoms with Gasteiger partial charge in [0.2, 0.25) is 0 Å². The number of H-pyrrole nitrogens is 2. The minimum atomic E-state index is -0.216. The molecule has 0 saturated carbocycles. The molecule has 2 N–H and O–H groups in total. The van der Waals surface area contributed by atoms with Crippen LogP contribution in [0.25, 0.3) is 0 Å². The minimum absolute atomic E-state index is 0.216. The van der Waals surface area contributed by atoms with Crippen molar-refractivity contribution in [3.8, 4) is 0 Å². The van der Waals surface area contributed by atoms with Gasteiger partial charge < -0.3 is 9.97 Å². The summed E-state index contributed by atoms with van der Waals surface area (Å²) >= 11 is 0. The molecule has 0 aliphatic rings. The van der Waals surface area contributed by atoms with Gasteiger partial charge in [0.15, 0.2) is 11.6 Å². The van der Waals surface area contributed by atoms with Crippen molar-refractivity contribution < 1.29 is 4.79 Å². The van der Waals surface area contributed by atoms with Gasteiger partial charge in [-0.2, -0.15) is 0 Å². The SMILES string of the molecule is Cc1nc(C(=O)c2ncc[nH]2)[nH]c1C. The van der Waals surface area contributed by atoms with Crippen molar-refractivity contribution in [2.24, 2.45) is 0 Å². The molecule has 2 aromatic heterocycles. The predicted molar refractivity (Wildman–Crippen MR) is 50.1 cm³/mol. The van der Waals surface area contributed by atoms with Crippen LogP contribution < -0.4 is 0 Å². The molecular weight excluding hydrogens is 180 g/mol. The molecule has 0 saturated heterocycles. The molecule has 0 aromatic carbocycles. The summed E-state index contributed by atoms with van der Waals surface area (Å²) in [4.78, 5) is 25.3. The minimum Gasteiger partial charge on any atom is -0.342 e. The summed E-state index contributed by atoms with van der Waals surface area (Å²) in [5.41, 5.74) is 1.74. The van der Waals surface area contributed by atoms with E-state index < -0.39 is 0 Å². The van der Waals surface area contributed by atoms with Crippen LogP contribution in [0.15, 0.2) is 12.4 Å². The van der Waals surface area contributed by atoms with E-state index in [0.717, 1.165) is 11.4 Å². The van der Waals surface area contributed by atoms with E-state index in [4.69, 9.17) is 0 Å². The van der Waals surface area contributed by atoms with Gasteiger partial charge in [-0.05, 0) is 13.8 Å². The number of rotatable bonds is 2. The molecule has 5 heteroatoms. The molecule has 0 radical (unpaired) electrons. The van der Waals surface area contributed by atoms with Gasteiger partial charge in [0.25, 0.3) is 5.78 Å². The Hall–Kier alpha value is -1.91. The Morgan fingerprint density at radius 1 is 1.36 bits per heavy atom. The highest BCUT2D eigenvalue weighted by atomic mass is 16.1. The van der Waals surface area contributed by atoms with Gasteiger partial charge in [0.05, 0.1) is 5.69 Å². The molecule has 2 rings (SSSR count). The van der Waals surface area contributed by atoms with E-state index in [9.17, 15) is 4.79 Å². The number of nitrogens with one attached hydrogen (secondary N) is 2. The zero-order valence-electron chi connectivity index (χ0n) is 7.96. The third-order valence-corrected chi connectivity index (χ3v) is 2.06. The Bertz CT molecular complexity index is 436. The van der Waals surface area contributed by atoms with Crippen LogP contribution in [0.5, 0.6) is 0 Å². The summed E-state index contributed by atoms with van der Waals surface area (Å²) in [6.45, 7) is 3.73. The van der Waals surface area contributed by atoms with E-state index in [1.807, 2.05) is 13.8 Å². The number of aryl methyl sites for hydroxylation is 2. The van der Waals surface area contributed by atoms with E-state index >= 15 is 0 Å². The summed E-state index contributed by atoms with van der Waals surface area (Å²) in [6.07, 6.45) is 3.14. The molecule has 14 heavy (non-hydrogen) atoms. The van der Waals surface area contributed by atoms with E-state index in [1.165, 1.54) is 6.20 Å². The van der Waals surface area contributed by atoms with E-state index in [2.05, 4.69) is 19.9 Å².